The van der Waals surface area contributed by atoms with E-state index in [1.165, 1.54) is 38.8 Å². The van der Waals surface area contributed by atoms with Gasteiger partial charge in [-0.15, -0.1) is 0 Å². The predicted molar refractivity (Wildman–Crippen MR) is 87.9 cm³/mol. The summed E-state index contributed by atoms with van der Waals surface area (Å²) < 4.78 is 0. The van der Waals surface area contributed by atoms with E-state index >= 15 is 0 Å². The zero-order valence-corrected chi connectivity index (χ0v) is 14.4. The van der Waals surface area contributed by atoms with Crippen molar-refractivity contribution in [1.82, 2.24) is 10.2 Å². The van der Waals surface area contributed by atoms with Crippen LogP contribution in [-0.2, 0) is 0 Å². The highest BCUT2D eigenvalue weighted by Crippen LogP contribution is 2.37. The molecule has 0 spiro atoms. The molecule has 2 aliphatic carbocycles. The molecule has 4 unspecified atom stereocenters. The summed E-state index contributed by atoms with van der Waals surface area (Å²) in [5.41, 5.74) is 0. The SMILES string of the molecule is CCNC1CC(C)CC(C)C1CN(CC(C)C)C1CC1. The molecule has 1 N–H and O–H groups in total. The quantitative estimate of drug-likeness (QED) is 0.764. The third kappa shape index (κ3) is 4.46. The monoisotopic (exact) mass is 280 g/mol. The third-order valence-electron chi connectivity index (χ3n) is 5.25. The molecule has 2 heteroatoms. The van der Waals surface area contributed by atoms with Gasteiger partial charge in [-0.25, -0.2) is 0 Å². The maximum Gasteiger partial charge on any atom is 0.0112 e. The van der Waals surface area contributed by atoms with Crippen molar-refractivity contribution in [3.05, 3.63) is 0 Å². The van der Waals surface area contributed by atoms with Crippen molar-refractivity contribution in [3.63, 3.8) is 0 Å². The van der Waals surface area contributed by atoms with Gasteiger partial charge in [0.05, 0.1) is 0 Å². The lowest BCUT2D eigenvalue weighted by molar-refractivity contribution is 0.0922. The minimum atomic E-state index is 0.743. The fourth-order valence-electron chi connectivity index (χ4n) is 4.27. The van der Waals surface area contributed by atoms with Gasteiger partial charge in [0.1, 0.15) is 0 Å². The van der Waals surface area contributed by atoms with Crippen LogP contribution in [0.1, 0.15) is 60.3 Å². The highest BCUT2D eigenvalue weighted by atomic mass is 15.2. The van der Waals surface area contributed by atoms with Crippen LogP contribution < -0.4 is 5.32 Å². The Morgan fingerprint density at radius 3 is 2.40 bits per heavy atom. The van der Waals surface area contributed by atoms with Crippen molar-refractivity contribution >= 4 is 0 Å². The minimum Gasteiger partial charge on any atom is -0.314 e. The molecule has 2 rings (SSSR count). The Balaban J connectivity index is 1.98. The van der Waals surface area contributed by atoms with Crippen molar-refractivity contribution in [3.8, 4) is 0 Å². The van der Waals surface area contributed by atoms with Gasteiger partial charge in [-0.2, -0.15) is 0 Å². The first kappa shape index (κ1) is 16.3. The Hall–Kier alpha value is -0.0800. The molecule has 2 fully saturated rings. The topological polar surface area (TPSA) is 15.3 Å². The molecular formula is C18H36N2. The highest BCUT2D eigenvalue weighted by molar-refractivity contribution is 4.93. The molecule has 4 atom stereocenters. The number of nitrogens with one attached hydrogen (secondary N) is 1. The van der Waals surface area contributed by atoms with Gasteiger partial charge in [0.15, 0.2) is 0 Å². The molecule has 118 valence electrons. The van der Waals surface area contributed by atoms with Crippen molar-refractivity contribution < 1.29 is 0 Å². The van der Waals surface area contributed by atoms with Crippen LogP contribution >= 0.6 is 0 Å². The van der Waals surface area contributed by atoms with Gasteiger partial charge in [0.25, 0.3) is 0 Å². The molecule has 0 heterocycles. The lowest BCUT2D eigenvalue weighted by atomic mass is 9.72. The molecule has 0 amide bonds. The lowest BCUT2D eigenvalue weighted by Crippen LogP contribution is -2.49. The van der Waals surface area contributed by atoms with Gasteiger partial charge in [0.2, 0.25) is 0 Å². The molecule has 2 nitrogen and oxygen atoms in total. The molecule has 0 saturated heterocycles. The van der Waals surface area contributed by atoms with Gasteiger partial charge >= 0.3 is 0 Å². The summed E-state index contributed by atoms with van der Waals surface area (Å²) in [6.07, 6.45) is 5.68. The van der Waals surface area contributed by atoms with E-state index in [9.17, 15) is 0 Å². The van der Waals surface area contributed by atoms with Crippen LogP contribution in [0, 0.1) is 23.7 Å². The van der Waals surface area contributed by atoms with Crippen LogP contribution in [-0.4, -0.2) is 36.6 Å². The van der Waals surface area contributed by atoms with E-state index in [1.54, 1.807) is 0 Å². The molecule has 0 bridgehead atoms. The fraction of sp³-hybridized carbons (Fsp3) is 1.00. The first-order valence-electron chi connectivity index (χ1n) is 8.98. The number of rotatable bonds is 7. The van der Waals surface area contributed by atoms with E-state index in [0.29, 0.717) is 0 Å². The summed E-state index contributed by atoms with van der Waals surface area (Å²) in [6.45, 7) is 15.7. The van der Waals surface area contributed by atoms with E-state index in [2.05, 4.69) is 44.8 Å². The molecule has 0 aromatic rings. The first-order valence-corrected chi connectivity index (χ1v) is 8.98. The molecular weight excluding hydrogens is 244 g/mol. The molecule has 0 aliphatic heterocycles. The van der Waals surface area contributed by atoms with Crippen molar-refractivity contribution in [2.24, 2.45) is 23.7 Å². The summed E-state index contributed by atoms with van der Waals surface area (Å²) in [5.74, 6) is 3.41. The van der Waals surface area contributed by atoms with Crippen LogP contribution in [0.5, 0.6) is 0 Å². The van der Waals surface area contributed by atoms with Crippen LogP contribution in [0.15, 0.2) is 0 Å². The summed E-state index contributed by atoms with van der Waals surface area (Å²) in [4.78, 5) is 2.81. The molecule has 0 radical (unpaired) electrons. The van der Waals surface area contributed by atoms with Crippen LogP contribution in [0.3, 0.4) is 0 Å². The summed E-state index contributed by atoms with van der Waals surface area (Å²) in [7, 11) is 0. The van der Waals surface area contributed by atoms with Crippen LogP contribution in [0.2, 0.25) is 0 Å². The second-order valence-electron chi connectivity index (χ2n) is 7.96. The highest BCUT2D eigenvalue weighted by Gasteiger charge is 2.37. The smallest absolute Gasteiger partial charge is 0.0112 e. The predicted octanol–water partition coefficient (Wildman–Crippen LogP) is 3.77. The third-order valence-corrected chi connectivity index (χ3v) is 5.25. The van der Waals surface area contributed by atoms with Gasteiger partial charge < -0.3 is 5.32 Å². The summed E-state index contributed by atoms with van der Waals surface area (Å²) in [5, 5.41) is 3.79. The Bertz CT molecular complexity index is 285. The number of hydrogen-bond acceptors (Lipinski definition) is 2. The second kappa shape index (κ2) is 7.26. The van der Waals surface area contributed by atoms with Crippen molar-refractivity contribution in [2.75, 3.05) is 19.6 Å². The van der Waals surface area contributed by atoms with Crippen molar-refractivity contribution in [2.45, 2.75) is 72.4 Å². The fourth-order valence-corrected chi connectivity index (χ4v) is 4.27. The Morgan fingerprint density at radius 1 is 1.15 bits per heavy atom. The van der Waals surface area contributed by atoms with E-state index in [-0.39, 0.29) is 0 Å². The largest absolute Gasteiger partial charge is 0.314 e. The van der Waals surface area contributed by atoms with Gasteiger partial charge in [0, 0.05) is 25.2 Å². The number of nitrogens with zero attached hydrogens (tertiary/aromatic N) is 1. The van der Waals surface area contributed by atoms with Crippen molar-refractivity contribution in [1.29, 1.82) is 0 Å². The average Bonchev–Trinajstić information content (AvgIpc) is 3.16. The van der Waals surface area contributed by atoms with Gasteiger partial charge in [-0.05, 0) is 55.9 Å². The summed E-state index contributed by atoms with van der Waals surface area (Å²) >= 11 is 0. The lowest BCUT2D eigenvalue weighted by Gasteiger charge is -2.43. The van der Waals surface area contributed by atoms with E-state index in [0.717, 1.165) is 42.3 Å². The second-order valence-corrected chi connectivity index (χ2v) is 7.96. The van der Waals surface area contributed by atoms with E-state index in [1.807, 2.05) is 0 Å². The molecule has 0 aromatic heterocycles. The minimum absolute atomic E-state index is 0.743. The molecule has 20 heavy (non-hydrogen) atoms. The van der Waals surface area contributed by atoms with E-state index in [4.69, 9.17) is 0 Å². The number of hydrogen-bond donors (Lipinski definition) is 1. The average molecular weight is 281 g/mol. The first-order chi connectivity index (χ1) is 9.51. The van der Waals surface area contributed by atoms with Gasteiger partial charge in [-0.1, -0.05) is 34.6 Å². The maximum absolute atomic E-state index is 3.79. The Labute approximate surface area is 126 Å². The molecule has 2 saturated carbocycles. The zero-order valence-electron chi connectivity index (χ0n) is 14.4. The normalized spacial score (nSPS) is 35.0. The standard InChI is InChI=1S/C18H36N2/c1-6-19-18-10-14(4)9-15(5)17(18)12-20(11-13(2)3)16-7-8-16/h13-19H,6-12H2,1-5H3. The molecule has 0 aromatic carbocycles. The van der Waals surface area contributed by atoms with Crippen LogP contribution in [0.25, 0.3) is 0 Å². The Kier molecular flexibility index (Phi) is 5.92. The van der Waals surface area contributed by atoms with E-state index < -0.39 is 0 Å². The van der Waals surface area contributed by atoms with Gasteiger partial charge in [-0.3, -0.25) is 4.90 Å². The zero-order chi connectivity index (χ0) is 14.7. The maximum atomic E-state index is 3.79. The molecule has 2 aliphatic rings. The summed E-state index contributed by atoms with van der Waals surface area (Å²) in [6, 6.07) is 1.65. The van der Waals surface area contributed by atoms with Crippen LogP contribution in [0.4, 0.5) is 0 Å². The Morgan fingerprint density at radius 2 is 1.85 bits per heavy atom.